The normalized spacial score (nSPS) is 17.3. The molecule has 0 radical (unpaired) electrons. The molecule has 17 N–H and O–H groups in total. The number of hydrogen-bond donors (Lipinski definition) is 16. The molecule has 2 heterocycles. The Hall–Kier alpha value is -10.4. The molecule has 2 aliphatic heterocycles. The van der Waals surface area contributed by atoms with E-state index in [4.69, 9.17) is 5.73 Å². The Kier molecular flexibility index (Phi) is 42.7. The van der Waals surface area contributed by atoms with Crippen molar-refractivity contribution in [2.45, 2.75) is 135 Å². The number of carboxylic acids is 8. The number of aromatic hydroxyl groups is 1. The molecule has 2 aromatic carbocycles. The number of nitrogens with zero attached hydrogens (tertiary/aromatic N) is 8. The van der Waals surface area contributed by atoms with Gasteiger partial charge in [-0.3, -0.25) is 116 Å². The van der Waals surface area contributed by atoms with Crippen LogP contribution < -0.4 is 37.6 Å². The third-order valence-corrected chi connectivity index (χ3v) is 19.8. The second-order valence-electron chi connectivity index (χ2n) is 28.5. The van der Waals surface area contributed by atoms with Crippen molar-refractivity contribution in [3.8, 4) is 5.75 Å². The summed E-state index contributed by atoms with van der Waals surface area (Å²) in [5, 5.41) is 106. The molecule has 7 atom stereocenters. The standard InChI is InChI=1S/C74H113N15O25/c1-4-48(3)68(81-71(109)56(79-60(93)5-2)38-49-10-12-53(90)13-11-49)72(110)80-55(15-18-59(75)92)70(108)78-41-51-8-6-50(7-9-51)40-77-69(107)52(39-54(91)14-16-57(73(111)112)88-34-30-84(44-64(99)100)26-22-82(42-62(95)96)23-27-85(31-35-88)45-65(101)102)20-21-76-61(94)19-17-58(74(113)114)89-36-32-86(46-66(103)104)28-24-83(43-63(97)98)25-29-87(33-37-89)47-67(105)106/h6-13,48,52,55-58,68,90H,4-5,14-47H2,1-3H3,(H2,75,92)(H,76,94)(H,77,107)(H,78,108)(H,79,93)(H,80,110)(H,81,109)(H,95,96)(H,97,98)(H,99,100)(H,101,102)(H,103,104)(H,105,106)(H,111,112)(H,113,114)/t48?,52?,55-,56-,57?,58?,68-/m0/s1. The van der Waals surface area contributed by atoms with Crippen molar-refractivity contribution in [3.63, 3.8) is 0 Å². The van der Waals surface area contributed by atoms with Crippen LogP contribution in [0.25, 0.3) is 0 Å². The predicted molar refractivity (Wildman–Crippen MR) is 406 cm³/mol. The first kappa shape index (κ1) is 96.0. The van der Waals surface area contributed by atoms with Crippen molar-refractivity contribution in [1.82, 2.24) is 71.1 Å². The van der Waals surface area contributed by atoms with Crippen LogP contribution in [0.4, 0.5) is 0 Å². The molecule has 114 heavy (non-hydrogen) atoms. The third-order valence-electron chi connectivity index (χ3n) is 19.8. The van der Waals surface area contributed by atoms with Gasteiger partial charge in [0.1, 0.15) is 41.7 Å². The van der Waals surface area contributed by atoms with Gasteiger partial charge in [0, 0.05) is 169 Å². The van der Waals surface area contributed by atoms with Crippen LogP contribution in [0.15, 0.2) is 48.5 Å². The Morgan fingerprint density at radius 2 is 0.781 bits per heavy atom. The number of rotatable bonds is 46. The Morgan fingerprint density at radius 3 is 1.15 bits per heavy atom. The third kappa shape index (κ3) is 38.0. The summed E-state index contributed by atoms with van der Waals surface area (Å²) in [7, 11) is 0. The molecule has 40 nitrogen and oxygen atoms in total. The number of Topliss-reactive ketones (excluding diaryl/α,β-unsaturated/α-hetero) is 1. The lowest BCUT2D eigenvalue weighted by Gasteiger charge is -2.35. The zero-order valence-corrected chi connectivity index (χ0v) is 64.8. The number of phenolic OH excluding ortho intramolecular Hbond substituents is 1. The molecule has 2 aliphatic rings. The minimum absolute atomic E-state index is 0.00492. The number of primary amides is 1. The number of carboxylic acid groups (broad SMARTS) is 8. The number of nitrogens with two attached hydrogens (primary N) is 1. The smallest absolute Gasteiger partial charge is 0.320 e. The Labute approximate surface area is 660 Å². The Balaban J connectivity index is 1.57. The average molecular weight is 1610 g/mol. The van der Waals surface area contributed by atoms with E-state index in [1.165, 1.54) is 51.3 Å². The second-order valence-corrected chi connectivity index (χ2v) is 28.5. The first-order valence-electron chi connectivity index (χ1n) is 38.0. The summed E-state index contributed by atoms with van der Waals surface area (Å²) in [4.78, 5) is 218. The molecule has 7 amide bonds. The van der Waals surface area contributed by atoms with E-state index < -0.39 is 195 Å². The molecule has 2 fully saturated rings. The van der Waals surface area contributed by atoms with E-state index in [0.717, 1.165) is 0 Å². The fourth-order valence-corrected chi connectivity index (χ4v) is 13.1. The lowest BCUT2D eigenvalue weighted by atomic mass is 9.94. The predicted octanol–water partition coefficient (Wildman–Crippen LogP) is -3.46. The minimum Gasteiger partial charge on any atom is -0.508 e. The summed E-state index contributed by atoms with van der Waals surface area (Å²) in [6.45, 7) is 1.89. The maximum absolute atomic E-state index is 14.4. The minimum atomic E-state index is -1.41. The van der Waals surface area contributed by atoms with Crippen molar-refractivity contribution in [2.24, 2.45) is 17.6 Å². The van der Waals surface area contributed by atoms with E-state index in [2.05, 4.69) is 31.9 Å². The van der Waals surface area contributed by atoms with Crippen molar-refractivity contribution >= 4 is 94.9 Å². The molecule has 634 valence electrons. The average Bonchev–Trinajstić information content (AvgIpc) is 0.849. The van der Waals surface area contributed by atoms with Crippen LogP contribution in [-0.4, -0.2) is 361 Å². The van der Waals surface area contributed by atoms with Crippen LogP contribution in [0.2, 0.25) is 0 Å². The molecular formula is C74H113N15O25. The molecule has 0 bridgehead atoms. The van der Waals surface area contributed by atoms with Crippen LogP contribution in [0.1, 0.15) is 102 Å². The summed E-state index contributed by atoms with van der Waals surface area (Å²) in [6.07, 6.45) is -2.31. The number of ketones is 1. The van der Waals surface area contributed by atoms with Crippen LogP contribution in [0.3, 0.4) is 0 Å². The van der Waals surface area contributed by atoms with Crippen LogP contribution in [0, 0.1) is 11.8 Å². The lowest BCUT2D eigenvalue weighted by molar-refractivity contribution is -0.145. The molecule has 4 unspecified atom stereocenters. The van der Waals surface area contributed by atoms with Crippen LogP contribution >= 0.6 is 0 Å². The number of hydrogen-bond acceptors (Lipinski definition) is 25. The van der Waals surface area contributed by atoms with Gasteiger partial charge >= 0.3 is 47.8 Å². The second kappa shape index (κ2) is 50.7. The Morgan fingerprint density at radius 1 is 0.404 bits per heavy atom. The number of phenols is 1. The largest absolute Gasteiger partial charge is 0.508 e. The summed E-state index contributed by atoms with van der Waals surface area (Å²) in [5.41, 5.74) is 7.10. The molecule has 2 saturated heterocycles. The first-order valence-corrected chi connectivity index (χ1v) is 38.0. The van der Waals surface area contributed by atoms with Gasteiger partial charge in [0.2, 0.25) is 41.4 Å². The van der Waals surface area contributed by atoms with E-state index in [-0.39, 0.29) is 175 Å². The summed E-state index contributed by atoms with van der Waals surface area (Å²) in [6, 6.07) is 5.96. The molecular weight excluding hydrogens is 1500 g/mol. The van der Waals surface area contributed by atoms with Crippen molar-refractivity contribution in [1.29, 1.82) is 0 Å². The molecule has 4 rings (SSSR count). The van der Waals surface area contributed by atoms with Crippen molar-refractivity contribution in [3.05, 3.63) is 65.2 Å². The SMILES string of the molecule is CCC(=O)N[C@@H](Cc1ccc(O)cc1)C(=O)N[C@H](C(=O)N[C@@H](CCC(N)=O)C(=O)NCc1ccc(CNC(=O)C(CCNC(=O)CCC(C(=O)O)N2CCN(CC(=O)O)CCN(CC(=O)O)CCN(CC(=O)O)CC2)CC(=O)CCC(C(=O)O)N2CCN(CC(=O)O)CCN(CC(=O)O)CCN(CC(=O)O)CC2)cc1)C(C)CC. The molecule has 0 aromatic heterocycles. The van der Waals surface area contributed by atoms with Gasteiger partial charge < -0.3 is 83.6 Å². The first-order chi connectivity index (χ1) is 54.0. The number of benzene rings is 2. The lowest BCUT2D eigenvalue weighted by Crippen LogP contribution is -2.58. The number of carbonyl (C=O) groups excluding carboxylic acids is 8. The zero-order chi connectivity index (χ0) is 84.6. The van der Waals surface area contributed by atoms with Gasteiger partial charge in [-0.05, 0) is 60.4 Å². The number of amides is 7. The van der Waals surface area contributed by atoms with E-state index in [1.54, 1.807) is 57.2 Å². The molecule has 40 heteroatoms. The number of carbonyl (C=O) groups is 16. The fraction of sp³-hybridized carbons (Fsp3) is 0.622. The Bertz CT molecular complexity index is 3490. The van der Waals surface area contributed by atoms with Gasteiger partial charge in [-0.15, -0.1) is 0 Å². The molecule has 0 spiro atoms. The van der Waals surface area contributed by atoms with Crippen LogP contribution in [-0.2, 0) is 96.2 Å². The van der Waals surface area contributed by atoms with Gasteiger partial charge in [0.15, 0.2) is 0 Å². The molecule has 2 aromatic rings. The van der Waals surface area contributed by atoms with Gasteiger partial charge in [-0.2, -0.15) is 0 Å². The summed E-state index contributed by atoms with van der Waals surface area (Å²) < 4.78 is 0. The monoisotopic (exact) mass is 1610 g/mol. The molecule has 0 saturated carbocycles. The maximum Gasteiger partial charge on any atom is 0.320 e. The van der Waals surface area contributed by atoms with E-state index in [9.17, 15) is 123 Å². The highest BCUT2D eigenvalue weighted by molar-refractivity contribution is 5.95. The van der Waals surface area contributed by atoms with Gasteiger partial charge in [-0.1, -0.05) is 63.6 Å². The summed E-state index contributed by atoms with van der Waals surface area (Å²) >= 11 is 0. The van der Waals surface area contributed by atoms with E-state index in [1.807, 2.05) is 0 Å². The summed E-state index contributed by atoms with van der Waals surface area (Å²) in [5.74, 6) is -17.0. The maximum atomic E-state index is 14.4. The molecule has 0 aliphatic carbocycles. The number of nitrogens with one attached hydrogen (secondary N) is 6. The highest BCUT2D eigenvalue weighted by atomic mass is 16.4. The van der Waals surface area contributed by atoms with Crippen LogP contribution in [0.5, 0.6) is 5.75 Å². The van der Waals surface area contributed by atoms with Gasteiger partial charge in [0.05, 0.1) is 39.3 Å². The van der Waals surface area contributed by atoms with Crippen molar-refractivity contribution < 1.29 is 123 Å². The zero-order valence-electron chi connectivity index (χ0n) is 64.8. The topological polar surface area (TPSA) is 579 Å². The quantitative estimate of drug-likeness (QED) is 0.0306. The van der Waals surface area contributed by atoms with E-state index >= 15 is 0 Å². The highest BCUT2D eigenvalue weighted by Crippen LogP contribution is 2.20. The highest BCUT2D eigenvalue weighted by Gasteiger charge is 2.36. The number of aliphatic carboxylic acids is 8. The van der Waals surface area contributed by atoms with Gasteiger partial charge in [-0.25, -0.2) is 0 Å². The van der Waals surface area contributed by atoms with E-state index in [0.29, 0.717) is 23.1 Å². The fourth-order valence-electron chi connectivity index (χ4n) is 13.1. The van der Waals surface area contributed by atoms with Gasteiger partial charge in [0.25, 0.3) is 0 Å². The van der Waals surface area contributed by atoms with Crippen molar-refractivity contribution in [2.75, 3.05) is 151 Å².